The molecule has 0 amide bonds. The maximum absolute atomic E-state index is 13.4. The number of halogens is 3. The predicted molar refractivity (Wildman–Crippen MR) is 64.2 cm³/mol. The van der Waals surface area contributed by atoms with Crippen LogP contribution in [0.1, 0.15) is 0 Å². The van der Waals surface area contributed by atoms with Crippen LogP contribution in [0, 0.1) is 11.6 Å². The van der Waals surface area contributed by atoms with Gasteiger partial charge in [-0.3, -0.25) is 0 Å². The fourth-order valence-electron chi connectivity index (χ4n) is 1.30. The quantitative estimate of drug-likeness (QED) is 0.883. The van der Waals surface area contributed by atoms with Crippen LogP contribution < -0.4 is 4.72 Å². The van der Waals surface area contributed by atoms with Crippen LogP contribution in [0.15, 0.2) is 35.4 Å². The van der Waals surface area contributed by atoms with Gasteiger partial charge in [-0.1, -0.05) is 17.7 Å². The van der Waals surface area contributed by atoms with Crippen molar-refractivity contribution < 1.29 is 17.2 Å². The molecule has 1 aromatic heterocycles. The summed E-state index contributed by atoms with van der Waals surface area (Å²) in [5.41, 5.74) is 0. The summed E-state index contributed by atoms with van der Waals surface area (Å²) in [7, 11) is -4.48. The van der Waals surface area contributed by atoms with Crippen molar-refractivity contribution >= 4 is 27.6 Å². The Kier molecular flexibility index (Phi) is 3.63. The fraction of sp³-hybridized carbons (Fsp3) is 0. The molecule has 2 rings (SSSR count). The largest absolute Gasteiger partial charge is 0.270 e. The summed E-state index contributed by atoms with van der Waals surface area (Å²) in [5.74, 6) is -2.81. The standard InChI is InChI=1S/C10H6ClF2N3O2S/c11-8-4-5-14-10(15-8)16-19(17,18)9-6(12)2-1-3-7(9)13/h1-5H,(H,14,15,16). The minimum absolute atomic E-state index is 0.0123. The van der Waals surface area contributed by atoms with Gasteiger partial charge in [-0.05, 0) is 18.2 Å². The third-order valence-electron chi connectivity index (χ3n) is 2.03. The molecular formula is C10H6ClF2N3O2S. The highest BCUT2D eigenvalue weighted by Crippen LogP contribution is 2.20. The molecule has 0 fully saturated rings. The molecule has 0 aliphatic carbocycles. The highest BCUT2D eigenvalue weighted by atomic mass is 35.5. The molecule has 0 unspecified atom stereocenters. The van der Waals surface area contributed by atoms with Gasteiger partial charge >= 0.3 is 0 Å². The second-order valence-electron chi connectivity index (χ2n) is 3.36. The first-order valence-electron chi connectivity index (χ1n) is 4.85. The number of nitrogens with one attached hydrogen (secondary N) is 1. The molecule has 0 spiro atoms. The summed E-state index contributed by atoms with van der Waals surface area (Å²) in [5, 5.41) is -0.0123. The Labute approximate surface area is 112 Å². The van der Waals surface area contributed by atoms with E-state index in [0.29, 0.717) is 0 Å². The topological polar surface area (TPSA) is 72.0 Å². The molecule has 0 atom stereocenters. The Morgan fingerprint density at radius 1 is 1.16 bits per heavy atom. The molecule has 1 aromatic carbocycles. The van der Waals surface area contributed by atoms with Crippen LogP contribution >= 0.6 is 11.6 Å². The Morgan fingerprint density at radius 3 is 2.37 bits per heavy atom. The SMILES string of the molecule is O=S(=O)(Nc1nccc(Cl)n1)c1c(F)cccc1F. The second-order valence-corrected chi connectivity index (χ2v) is 5.37. The molecule has 1 heterocycles. The predicted octanol–water partition coefficient (Wildman–Crippen LogP) is 2.21. The first-order chi connectivity index (χ1) is 8.90. The number of sulfonamides is 1. The molecule has 5 nitrogen and oxygen atoms in total. The van der Waals surface area contributed by atoms with E-state index in [1.165, 1.54) is 12.3 Å². The molecule has 0 saturated heterocycles. The van der Waals surface area contributed by atoms with Crippen molar-refractivity contribution in [1.82, 2.24) is 9.97 Å². The molecule has 0 aliphatic heterocycles. The van der Waals surface area contributed by atoms with Gasteiger partial charge in [-0.15, -0.1) is 0 Å². The van der Waals surface area contributed by atoms with Crippen LogP contribution in [0.3, 0.4) is 0 Å². The summed E-state index contributed by atoms with van der Waals surface area (Å²) in [4.78, 5) is 6.04. The van der Waals surface area contributed by atoms with Crippen molar-refractivity contribution in [3.05, 3.63) is 47.2 Å². The molecule has 1 N–H and O–H groups in total. The van der Waals surface area contributed by atoms with Gasteiger partial charge in [-0.2, -0.15) is 0 Å². The number of hydrogen-bond acceptors (Lipinski definition) is 4. The average molecular weight is 306 g/mol. The molecule has 9 heteroatoms. The van der Waals surface area contributed by atoms with E-state index < -0.39 is 26.6 Å². The zero-order chi connectivity index (χ0) is 14.0. The second kappa shape index (κ2) is 5.06. The average Bonchev–Trinajstić information content (AvgIpc) is 2.27. The van der Waals surface area contributed by atoms with Gasteiger partial charge < -0.3 is 0 Å². The number of rotatable bonds is 3. The maximum atomic E-state index is 13.4. The summed E-state index contributed by atoms with van der Waals surface area (Å²) in [6.07, 6.45) is 1.20. The number of benzene rings is 1. The molecule has 19 heavy (non-hydrogen) atoms. The third kappa shape index (κ3) is 2.96. The lowest BCUT2D eigenvalue weighted by Gasteiger charge is -2.08. The van der Waals surface area contributed by atoms with E-state index in [2.05, 4.69) is 9.97 Å². The molecule has 0 saturated carbocycles. The van der Waals surface area contributed by atoms with Gasteiger partial charge in [0, 0.05) is 6.20 Å². The zero-order valence-electron chi connectivity index (χ0n) is 9.14. The van der Waals surface area contributed by atoms with Crippen LogP contribution in [-0.4, -0.2) is 18.4 Å². The van der Waals surface area contributed by atoms with Gasteiger partial charge in [0.1, 0.15) is 16.8 Å². The first-order valence-corrected chi connectivity index (χ1v) is 6.71. The van der Waals surface area contributed by atoms with Gasteiger partial charge in [-0.25, -0.2) is 31.9 Å². The first kappa shape index (κ1) is 13.6. The van der Waals surface area contributed by atoms with E-state index in [9.17, 15) is 17.2 Å². The number of aromatic nitrogens is 2. The van der Waals surface area contributed by atoms with Crippen molar-refractivity contribution in [1.29, 1.82) is 0 Å². The molecule has 0 bridgehead atoms. The van der Waals surface area contributed by atoms with Crippen LogP contribution in [-0.2, 0) is 10.0 Å². The Bertz CT molecular complexity index is 704. The summed E-state index contributed by atoms with van der Waals surface area (Å²) >= 11 is 5.55. The molecule has 100 valence electrons. The van der Waals surface area contributed by atoms with E-state index in [4.69, 9.17) is 11.6 Å². The third-order valence-corrected chi connectivity index (χ3v) is 3.62. The van der Waals surface area contributed by atoms with Gasteiger partial charge in [0.05, 0.1) is 0 Å². The fourth-order valence-corrected chi connectivity index (χ4v) is 2.52. The molecule has 0 radical (unpaired) electrons. The Balaban J connectivity index is 2.44. The number of anilines is 1. The summed E-state index contributed by atoms with van der Waals surface area (Å²) in [6, 6.07) is 4.04. The van der Waals surface area contributed by atoms with E-state index in [0.717, 1.165) is 18.2 Å². The maximum Gasteiger partial charge on any atom is 0.270 e. The van der Waals surface area contributed by atoms with Gasteiger partial charge in [0.25, 0.3) is 10.0 Å². The minimum atomic E-state index is -4.48. The van der Waals surface area contributed by atoms with E-state index in [1.54, 1.807) is 0 Å². The highest BCUT2D eigenvalue weighted by molar-refractivity contribution is 7.92. The smallest absolute Gasteiger partial charge is 0.247 e. The van der Waals surface area contributed by atoms with Gasteiger partial charge in [0.15, 0.2) is 4.90 Å². The van der Waals surface area contributed by atoms with Crippen LogP contribution in [0.2, 0.25) is 5.15 Å². The van der Waals surface area contributed by atoms with Crippen molar-refractivity contribution in [3.8, 4) is 0 Å². The van der Waals surface area contributed by atoms with Crippen LogP contribution in [0.5, 0.6) is 0 Å². The normalized spacial score (nSPS) is 11.3. The Hall–Kier alpha value is -1.80. The van der Waals surface area contributed by atoms with Crippen molar-refractivity contribution in [2.24, 2.45) is 0 Å². The van der Waals surface area contributed by atoms with E-state index >= 15 is 0 Å². The summed E-state index contributed by atoms with van der Waals surface area (Å²) in [6.45, 7) is 0. The van der Waals surface area contributed by atoms with Gasteiger partial charge in [0.2, 0.25) is 5.95 Å². The minimum Gasteiger partial charge on any atom is -0.247 e. The zero-order valence-corrected chi connectivity index (χ0v) is 10.7. The lowest BCUT2D eigenvalue weighted by atomic mass is 10.3. The van der Waals surface area contributed by atoms with E-state index in [1.807, 2.05) is 4.72 Å². The molecule has 0 aliphatic rings. The highest BCUT2D eigenvalue weighted by Gasteiger charge is 2.24. The van der Waals surface area contributed by atoms with Crippen molar-refractivity contribution in [2.45, 2.75) is 4.90 Å². The van der Waals surface area contributed by atoms with E-state index in [-0.39, 0.29) is 11.1 Å². The molecular weight excluding hydrogens is 300 g/mol. The van der Waals surface area contributed by atoms with Crippen molar-refractivity contribution in [3.63, 3.8) is 0 Å². The Morgan fingerprint density at radius 2 is 1.79 bits per heavy atom. The monoisotopic (exact) mass is 305 g/mol. The van der Waals surface area contributed by atoms with Crippen molar-refractivity contribution in [2.75, 3.05) is 4.72 Å². The molecule has 2 aromatic rings. The lowest BCUT2D eigenvalue weighted by molar-refractivity contribution is 0.521. The number of nitrogens with zero attached hydrogens (tertiary/aromatic N) is 2. The van der Waals surface area contributed by atoms with Crippen LogP contribution in [0.4, 0.5) is 14.7 Å². The number of hydrogen-bond donors (Lipinski definition) is 1. The van der Waals surface area contributed by atoms with Crippen LogP contribution in [0.25, 0.3) is 0 Å². The summed E-state index contributed by atoms with van der Waals surface area (Å²) < 4.78 is 52.3. The lowest BCUT2D eigenvalue weighted by Crippen LogP contribution is -2.18.